The molecule has 0 atom stereocenters. The number of thiophene rings is 1. The van der Waals surface area contributed by atoms with Gasteiger partial charge in [0.05, 0.1) is 21.6 Å². The minimum atomic E-state index is 0.884. The summed E-state index contributed by atoms with van der Waals surface area (Å²) in [5.41, 5.74) is 4.98. The molecule has 0 unspecified atom stereocenters. The lowest BCUT2D eigenvalue weighted by atomic mass is 10.0. The zero-order chi connectivity index (χ0) is 21.5. The fourth-order valence-electron chi connectivity index (χ4n) is 4.16. The first-order valence-corrected chi connectivity index (χ1v) is 12.5. The van der Waals surface area contributed by atoms with Crippen molar-refractivity contribution in [2.45, 2.75) is 4.90 Å². The number of rotatable bonds is 4. The van der Waals surface area contributed by atoms with E-state index in [0.717, 1.165) is 38.5 Å². The molecular weight excluding hydrogens is 430 g/mol. The minimum absolute atomic E-state index is 0.884. The van der Waals surface area contributed by atoms with Crippen LogP contribution in [0.1, 0.15) is 0 Å². The molecule has 154 valence electrons. The van der Waals surface area contributed by atoms with Gasteiger partial charge in [-0.25, -0.2) is 9.67 Å². The topological polar surface area (TPSA) is 30.7 Å². The van der Waals surface area contributed by atoms with Crippen molar-refractivity contribution in [2.24, 2.45) is 0 Å². The lowest BCUT2D eigenvalue weighted by Crippen LogP contribution is -1.98. The van der Waals surface area contributed by atoms with Crippen LogP contribution in [0.25, 0.3) is 49.3 Å². The van der Waals surface area contributed by atoms with Gasteiger partial charge in [0.25, 0.3) is 0 Å². The lowest BCUT2D eigenvalue weighted by Gasteiger charge is -2.10. The van der Waals surface area contributed by atoms with E-state index < -0.39 is 0 Å². The van der Waals surface area contributed by atoms with Crippen molar-refractivity contribution in [3.63, 3.8) is 0 Å². The summed E-state index contributed by atoms with van der Waals surface area (Å²) < 4.78 is 1.98. The largest absolute Gasteiger partial charge is 0.228 e. The number of fused-ring (bicyclic) bond motifs is 2. The smallest absolute Gasteiger partial charge is 0.165 e. The van der Waals surface area contributed by atoms with Crippen molar-refractivity contribution in [2.75, 3.05) is 6.26 Å². The molecule has 0 saturated carbocycles. The zero-order valence-corrected chi connectivity index (χ0v) is 19.0. The van der Waals surface area contributed by atoms with Crippen molar-refractivity contribution >= 4 is 44.9 Å². The molecule has 3 nitrogen and oxygen atoms in total. The third-order valence-corrected chi connectivity index (χ3v) is 7.28. The molecule has 0 aliphatic rings. The van der Waals surface area contributed by atoms with E-state index in [0.29, 0.717) is 0 Å². The highest BCUT2D eigenvalue weighted by Crippen LogP contribution is 2.40. The monoisotopic (exact) mass is 449 g/mol. The molecule has 0 spiro atoms. The van der Waals surface area contributed by atoms with Crippen LogP contribution in [0, 0.1) is 0 Å². The highest BCUT2D eigenvalue weighted by atomic mass is 32.2. The van der Waals surface area contributed by atoms with E-state index in [1.165, 1.54) is 15.7 Å². The Kier molecular flexibility index (Phi) is 4.78. The van der Waals surface area contributed by atoms with Crippen LogP contribution in [0.15, 0.2) is 101 Å². The van der Waals surface area contributed by atoms with Crippen molar-refractivity contribution in [1.82, 2.24) is 14.8 Å². The average molecular weight is 450 g/mol. The summed E-state index contributed by atoms with van der Waals surface area (Å²) in [7, 11) is 0. The van der Waals surface area contributed by atoms with Crippen LogP contribution in [0.4, 0.5) is 0 Å². The van der Waals surface area contributed by atoms with Crippen molar-refractivity contribution in [1.29, 1.82) is 0 Å². The number of hydrogen-bond acceptors (Lipinski definition) is 4. The van der Waals surface area contributed by atoms with E-state index >= 15 is 0 Å². The van der Waals surface area contributed by atoms with Crippen molar-refractivity contribution < 1.29 is 0 Å². The standard InChI is InChI=1S/C27H19N3S2/c1-31-24-17-22(21-14-7-10-18-9-5-6-13-20(18)21)28-27-25(24)26(23-15-8-16-32-23)29-30(27)19-11-3-2-4-12-19/h2-17H,1H3. The maximum absolute atomic E-state index is 5.20. The quantitative estimate of drug-likeness (QED) is 0.258. The zero-order valence-electron chi connectivity index (χ0n) is 17.4. The Morgan fingerprint density at radius 3 is 2.47 bits per heavy atom. The third kappa shape index (κ3) is 3.13. The second-order valence-electron chi connectivity index (χ2n) is 7.51. The molecule has 0 N–H and O–H groups in total. The predicted octanol–water partition coefficient (Wildman–Crippen LogP) is 7.69. The van der Waals surface area contributed by atoms with Gasteiger partial charge in [-0.2, -0.15) is 5.10 Å². The molecule has 3 aromatic carbocycles. The minimum Gasteiger partial charge on any atom is -0.228 e. The summed E-state index contributed by atoms with van der Waals surface area (Å²) in [5, 5.41) is 10.7. The number of thioether (sulfide) groups is 1. The maximum Gasteiger partial charge on any atom is 0.165 e. The van der Waals surface area contributed by atoms with Gasteiger partial charge in [-0.3, -0.25) is 0 Å². The number of nitrogens with zero attached hydrogens (tertiary/aromatic N) is 3. The van der Waals surface area contributed by atoms with E-state index in [4.69, 9.17) is 10.1 Å². The van der Waals surface area contributed by atoms with Gasteiger partial charge in [0.15, 0.2) is 5.65 Å². The molecule has 0 radical (unpaired) electrons. The summed E-state index contributed by atoms with van der Waals surface area (Å²) in [6.45, 7) is 0. The van der Waals surface area contributed by atoms with Crippen LogP contribution in [0.3, 0.4) is 0 Å². The fourth-order valence-corrected chi connectivity index (χ4v) is 5.50. The number of para-hydroxylation sites is 1. The molecule has 6 rings (SSSR count). The molecule has 6 aromatic rings. The van der Waals surface area contributed by atoms with Gasteiger partial charge in [-0.1, -0.05) is 66.7 Å². The first-order valence-electron chi connectivity index (χ1n) is 10.4. The van der Waals surface area contributed by atoms with E-state index in [9.17, 15) is 0 Å². The van der Waals surface area contributed by atoms with Crippen LogP contribution >= 0.6 is 23.1 Å². The van der Waals surface area contributed by atoms with Gasteiger partial charge in [-0.15, -0.1) is 23.1 Å². The van der Waals surface area contributed by atoms with Gasteiger partial charge in [0, 0.05) is 10.5 Å². The summed E-state index contributed by atoms with van der Waals surface area (Å²) in [4.78, 5) is 7.54. The van der Waals surface area contributed by atoms with Crippen LogP contribution in [-0.4, -0.2) is 21.0 Å². The number of hydrogen-bond donors (Lipinski definition) is 0. The Bertz CT molecular complexity index is 1550. The SMILES string of the molecule is CSc1cc(-c2cccc3ccccc23)nc2c1c(-c1cccs1)nn2-c1ccccc1. The van der Waals surface area contributed by atoms with Crippen molar-refractivity contribution in [3.05, 3.63) is 96.4 Å². The normalized spacial score (nSPS) is 11.4. The lowest BCUT2D eigenvalue weighted by molar-refractivity contribution is 0.902. The number of aromatic nitrogens is 3. The Hall–Kier alpha value is -3.41. The second kappa shape index (κ2) is 7.93. The molecule has 32 heavy (non-hydrogen) atoms. The summed E-state index contributed by atoms with van der Waals surface area (Å²) in [6, 6.07) is 31.6. The molecular formula is C27H19N3S2. The summed E-state index contributed by atoms with van der Waals surface area (Å²) in [6.07, 6.45) is 2.12. The van der Waals surface area contributed by atoms with Crippen LogP contribution < -0.4 is 0 Å². The Labute approximate surface area is 194 Å². The maximum atomic E-state index is 5.20. The molecule has 0 fully saturated rings. The highest BCUT2D eigenvalue weighted by molar-refractivity contribution is 7.98. The highest BCUT2D eigenvalue weighted by Gasteiger charge is 2.21. The predicted molar refractivity (Wildman–Crippen MR) is 137 cm³/mol. The van der Waals surface area contributed by atoms with E-state index in [1.54, 1.807) is 23.1 Å². The van der Waals surface area contributed by atoms with Gasteiger partial charge in [-0.05, 0) is 46.7 Å². The second-order valence-corrected chi connectivity index (χ2v) is 9.30. The molecule has 0 bridgehead atoms. The van der Waals surface area contributed by atoms with Crippen molar-refractivity contribution in [3.8, 4) is 27.5 Å². The average Bonchev–Trinajstić information content (AvgIpc) is 3.52. The third-order valence-electron chi connectivity index (χ3n) is 5.64. The molecule has 0 aliphatic heterocycles. The van der Waals surface area contributed by atoms with Crippen LogP contribution in [0.2, 0.25) is 0 Å². The fraction of sp³-hybridized carbons (Fsp3) is 0.0370. The van der Waals surface area contributed by atoms with Crippen LogP contribution in [-0.2, 0) is 0 Å². The Morgan fingerprint density at radius 1 is 0.844 bits per heavy atom. The van der Waals surface area contributed by atoms with E-state index in [2.05, 4.69) is 84.4 Å². The molecule has 0 amide bonds. The summed E-state index contributed by atoms with van der Waals surface area (Å²) >= 11 is 3.45. The molecule has 3 aromatic heterocycles. The number of benzene rings is 3. The van der Waals surface area contributed by atoms with E-state index in [-0.39, 0.29) is 0 Å². The summed E-state index contributed by atoms with van der Waals surface area (Å²) in [5.74, 6) is 0. The van der Waals surface area contributed by atoms with Crippen LogP contribution in [0.5, 0.6) is 0 Å². The molecule has 3 heterocycles. The first-order chi connectivity index (χ1) is 15.8. The van der Waals surface area contributed by atoms with Gasteiger partial charge in [0.1, 0.15) is 5.69 Å². The molecule has 0 saturated heterocycles. The number of pyridine rings is 1. The molecule has 5 heteroatoms. The van der Waals surface area contributed by atoms with Gasteiger partial charge < -0.3 is 0 Å². The van der Waals surface area contributed by atoms with Gasteiger partial charge >= 0.3 is 0 Å². The van der Waals surface area contributed by atoms with E-state index in [1.807, 2.05) is 22.9 Å². The van der Waals surface area contributed by atoms with Gasteiger partial charge in [0.2, 0.25) is 0 Å². The molecule has 0 aliphatic carbocycles. The Morgan fingerprint density at radius 2 is 1.66 bits per heavy atom. The Balaban J connectivity index is 1.70. The first kappa shape index (κ1) is 19.3.